The molecule has 1 aromatic carbocycles. The van der Waals surface area contributed by atoms with E-state index in [-0.39, 0.29) is 0 Å². The van der Waals surface area contributed by atoms with Crippen LogP contribution in [0.4, 0.5) is 4.79 Å². The van der Waals surface area contributed by atoms with E-state index in [1.54, 1.807) is 13.0 Å². The summed E-state index contributed by atoms with van der Waals surface area (Å²) in [6.07, 6.45) is 0.977. The van der Waals surface area contributed by atoms with Crippen molar-refractivity contribution in [3.63, 3.8) is 0 Å². The average molecular weight is 218 g/mol. The summed E-state index contributed by atoms with van der Waals surface area (Å²) < 4.78 is 0. The lowest BCUT2D eigenvalue weighted by Gasteiger charge is -2.01. The molecular formula is C12H14N2O2. The zero-order valence-corrected chi connectivity index (χ0v) is 9.14. The Morgan fingerprint density at radius 2 is 2.19 bits per heavy atom. The van der Waals surface area contributed by atoms with Crippen LogP contribution in [0.2, 0.25) is 0 Å². The fourth-order valence-electron chi connectivity index (χ4n) is 1.03. The first-order valence-electron chi connectivity index (χ1n) is 4.90. The van der Waals surface area contributed by atoms with Crippen molar-refractivity contribution < 1.29 is 9.63 Å². The van der Waals surface area contributed by atoms with Gasteiger partial charge in [-0.2, -0.15) is 0 Å². The fraction of sp³-hybridized carbons (Fsp3) is 0.167. The van der Waals surface area contributed by atoms with Crippen molar-refractivity contribution in [2.75, 3.05) is 6.54 Å². The molecule has 0 radical (unpaired) electrons. The van der Waals surface area contributed by atoms with E-state index >= 15 is 0 Å². The largest absolute Gasteiger partial charge is 0.433 e. The number of carbonyl (C=O) groups excluding carboxylic acids is 1. The first kappa shape index (κ1) is 12.0. The molecule has 0 bridgehead atoms. The van der Waals surface area contributed by atoms with Crippen molar-refractivity contribution in [1.29, 1.82) is 0 Å². The molecule has 1 N–H and O–H groups in total. The number of hydrogen-bond donors (Lipinski definition) is 1. The summed E-state index contributed by atoms with van der Waals surface area (Å²) in [5.74, 6) is 0. The minimum absolute atomic E-state index is 0.360. The third kappa shape index (κ3) is 3.96. The Morgan fingerprint density at radius 3 is 2.81 bits per heavy atom. The minimum Gasteiger partial charge on any atom is -0.316 e. The average Bonchev–Trinajstić information content (AvgIpc) is 2.34. The second-order valence-corrected chi connectivity index (χ2v) is 3.09. The molecule has 0 atom stereocenters. The van der Waals surface area contributed by atoms with Crippen LogP contribution in [0.3, 0.4) is 0 Å². The number of nitrogens with zero attached hydrogens (tertiary/aromatic N) is 1. The maximum Gasteiger partial charge on any atom is 0.433 e. The van der Waals surface area contributed by atoms with Crippen LogP contribution in [-0.2, 0) is 4.84 Å². The van der Waals surface area contributed by atoms with Gasteiger partial charge in [0, 0.05) is 6.54 Å². The minimum atomic E-state index is -0.588. The maximum atomic E-state index is 11.0. The van der Waals surface area contributed by atoms with Gasteiger partial charge in [-0.25, -0.2) is 4.79 Å². The molecule has 16 heavy (non-hydrogen) atoms. The van der Waals surface area contributed by atoms with Crippen LogP contribution in [0, 0.1) is 0 Å². The SMILES string of the molecule is C=CCNC(=O)O/N=C(/C)c1ccccc1. The first-order chi connectivity index (χ1) is 7.74. The van der Waals surface area contributed by atoms with Gasteiger partial charge >= 0.3 is 6.09 Å². The summed E-state index contributed by atoms with van der Waals surface area (Å²) in [6, 6.07) is 9.49. The second-order valence-electron chi connectivity index (χ2n) is 3.09. The summed E-state index contributed by atoms with van der Waals surface area (Å²) >= 11 is 0. The van der Waals surface area contributed by atoms with E-state index in [1.165, 1.54) is 0 Å². The topological polar surface area (TPSA) is 50.7 Å². The van der Waals surface area contributed by atoms with Gasteiger partial charge in [0.1, 0.15) is 0 Å². The molecule has 1 aromatic rings. The molecule has 0 aliphatic carbocycles. The van der Waals surface area contributed by atoms with Crippen molar-refractivity contribution in [1.82, 2.24) is 5.32 Å². The Balaban J connectivity index is 2.51. The molecule has 4 nitrogen and oxygen atoms in total. The van der Waals surface area contributed by atoms with Gasteiger partial charge in [-0.3, -0.25) is 4.84 Å². The molecule has 0 heterocycles. The molecule has 1 amide bonds. The van der Waals surface area contributed by atoms with Gasteiger partial charge in [0.15, 0.2) is 0 Å². The molecule has 0 aliphatic heterocycles. The van der Waals surface area contributed by atoms with Crippen LogP contribution in [0.15, 0.2) is 48.1 Å². The van der Waals surface area contributed by atoms with Gasteiger partial charge < -0.3 is 5.32 Å². The predicted molar refractivity (Wildman–Crippen MR) is 63.3 cm³/mol. The molecule has 0 fully saturated rings. The molecule has 0 saturated carbocycles. The highest BCUT2D eigenvalue weighted by atomic mass is 16.7. The number of benzene rings is 1. The summed E-state index contributed by atoms with van der Waals surface area (Å²) in [7, 11) is 0. The van der Waals surface area contributed by atoms with Crippen LogP contribution >= 0.6 is 0 Å². The monoisotopic (exact) mass is 218 g/mol. The van der Waals surface area contributed by atoms with Gasteiger partial charge in [0.05, 0.1) is 5.71 Å². The van der Waals surface area contributed by atoms with Gasteiger partial charge in [-0.1, -0.05) is 41.6 Å². The highest BCUT2D eigenvalue weighted by molar-refractivity contribution is 5.98. The lowest BCUT2D eigenvalue weighted by atomic mass is 10.1. The summed E-state index contributed by atoms with van der Waals surface area (Å²) in [5.41, 5.74) is 1.56. The van der Waals surface area contributed by atoms with Gasteiger partial charge in [-0.15, -0.1) is 6.58 Å². The summed E-state index contributed by atoms with van der Waals surface area (Å²) in [6.45, 7) is 5.60. The van der Waals surface area contributed by atoms with E-state index < -0.39 is 6.09 Å². The van der Waals surface area contributed by atoms with Gasteiger partial charge in [0.2, 0.25) is 0 Å². The molecule has 84 valence electrons. The second kappa shape index (κ2) is 6.40. The van der Waals surface area contributed by atoms with Crippen LogP contribution in [-0.4, -0.2) is 18.3 Å². The molecule has 1 rings (SSSR count). The first-order valence-corrected chi connectivity index (χ1v) is 4.90. The van der Waals surface area contributed by atoms with Gasteiger partial charge in [0.25, 0.3) is 0 Å². The Morgan fingerprint density at radius 1 is 1.50 bits per heavy atom. The van der Waals surface area contributed by atoms with E-state index in [9.17, 15) is 4.79 Å². The maximum absolute atomic E-state index is 11.0. The Labute approximate surface area is 94.6 Å². The van der Waals surface area contributed by atoms with Crippen LogP contribution < -0.4 is 5.32 Å². The molecule has 0 aliphatic rings. The highest BCUT2D eigenvalue weighted by Gasteiger charge is 2.00. The lowest BCUT2D eigenvalue weighted by Crippen LogP contribution is -2.22. The lowest BCUT2D eigenvalue weighted by molar-refractivity contribution is 0.152. The molecule has 0 unspecified atom stereocenters. The standard InChI is InChI=1S/C12H14N2O2/c1-3-9-13-12(15)16-14-10(2)11-7-5-4-6-8-11/h3-8H,1,9H2,2H3,(H,13,15)/b14-10-. The number of rotatable bonds is 4. The molecule has 0 spiro atoms. The number of hydrogen-bond acceptors (Lipinski definition) is 3. The Kier molecular flexibility index (Phi) is 4.79. The fourth-order valence-corrected chi connectivity index (χ4v) is 1.03. The molecular weight excluding hydrogens is 204 g/mol. The quantitative estimate of drug-likeness (QED) is 0.365. The smallest absolute Gasteiger partial charge is 0.316 e. The third-order valence-corrected chi connectivity index (χ3v) is 1.85. The number of amides is 1. The molecule has 0 aromatic heterocycles. The summed E-state index contributed by atoms with van der Waals surface area (Å²) in [5, 5.41) is 6.17. The summed E-state index contributed by atoms with van der Waals surface area (Å²) in [4.78, 5) is 15.7. The zero-order valence-electron chi connectivity index (χ0n) is 9.14. The third-order valence-electron chi connectivity index (χ3n) is 1.85. The number of oxime groups is 1. The Hall–Kier alpha value is -2.10. The van der Waals surface area contributed by atoms with Crippen molar-refractivity contribution in [3.8, 4) is 0 Å². The van der Waals surface area contributed by atoms with E-state index in [1.807, 2.05) is 30.3 Å². The molecule has 4 heteroatoms. The van der Waals surface area contributed by atoms with Crippen molar-refractivity contribution in [2.45, 2.75) is 6.92 Å². The van der Waals surface area contributed by atoms with E-state index in [4.69, 9.17) is 0 Å². The van der Waals surface area contributed by atoms with Crippen molar-refractivity contribution >= 4 is 11.8 Å². The van der Waals surface area contributed by atoms with E-state index in [2.05, 4.69) is 21.9 Å². The normalized spacial score (nSPS) is 10.7. The van der Waals surface area contributed by atoms with Crippen LogP contribution in [0.25, 0.3) is 0 Å². The number of carbonyl (C=O) groups is 1. The van der Waals surface area contributed by atoms with E-state index in [0.717, 1.165) is 5.56 Å². The zero-order chi connectivity index (χ0) is 11.8. The van der Waals surface area contributed by atoms with E-state index in [0.29, 0.717) is 12.3 Å². The highest BCUT2D eigenvalue weighted by Crippen LogP contribution is 2.00. The van der Waals surface area contributed by atoms with Crippen LogP contribution in [0.5, 0.6) is 0 Å². The molecule has 0 saturated heterocycles. The van der Waals surface area contributed by atoms with Crippen LogP contribution in [0.1, 0.15) is 12.5 Å². The van der Waals surface area contributed by atoms with Crippen molar-refractivity contribution in [2.24, 2.45) is 5.16 Å². The Bertz CT molecular complexity index is 385. The van der Waals surface area contributed by atoms with Crippen molar-refractivity contribution in [3.05, 3.63) is 48.6 Å². The van der Waals surface area contributed by atoms with Gasteiger partial charge in [-0.05, 0) is 12.5 Å². The number of nitrogens with one attached hydrogen (secondary N) is 1. The predicted octanol–water partition coefficient (Wildman–Crippen LogP) is 2.32.